The number of halogens is 1. The van der Waals surface area contributed by atoms with E-state index in [2.05, 4.69) is 38.7 Å². The molecule has 1 aliphatic heterocycles. The van der Waals surface area contributed by atoms with Crippen molar-refractivity contribution in [2.75, 3.05) is 42.6 Å². The number of carbonyl (C=O) groups excluding carboxylic acids is 2. The van der Waals surface area contributed by atoms with Crippen molar-refractivity contribution < 1.29 is 14.0 Å². The molecule has 1 fully saturated rings. The summed E-state index contributed by atoms with van der Waals surface area (Å²) in [7, 11) is 0. The van der Waals surface area contributed by atoms with Gasteiger partial charge in [0.05, 0.1) is 17.4 Å². The molecular weight excluding hydrogens is 463 g/mol. The average Bonchev–Trinajstić information content (AvgIpc) is 3.33. The zero-order valence-corrected chi connectivity index (χ0v) is 19.9. The summed E-state index contributed by atoms with van der Waals surface area (Å²) >= 11 is 0. The third-order valence-corrected chi connectivity index (χ3v) is 5.80. The summed E-state index contributed by atoms with van der Waals surface area (Å²) in [5.41, 5.74) is 2.63. The number of fused-ring (bicyclic) bond motifs is 1. The first-order valence-electron chi connectivity index (χ1n) is 11.4. The molecule has 36 heavy (non-hydrogen) atoms. The summed E-state index contributed by atoms with van der Waals surface area (Å²) in [5.74, 6) is -0.146. The molecule has 1 saturated heterocycles. The molecule has 2 amide bonds. The molecule has 1 aliphatic rings. The molecule has 0 aliphatic carbocycles. The number of nitrogens with zero attached hydrogens (tertiary/aromatic N) is 6. The molecule has 4 rings (SSSR count). The van der Waals surface area contributed by atoms with Crippen molar-refractivity contribution >= 4 is 41.2 Å². The summed E-state index contributed by atoms with van der Waals surface area (Å²) in [5, 5.41) is 8.21. The van der Waals surface area contributed by atoms with Gasteiger partial charge in [-0.1, -0.05) is 12.6 Å². The summed E-state index contributed by atoms with van der Waals surface area (Å²) in [6, 6.07) is 5.98. The summed E-state index contributed by atoms with van der Waals surface area (Å²) in [6.45, 7) is 11.4. The zero-order chi connectivity index (χ0) is 25.7. The normalized spacial score (nSPS) is 14.0. The first kappa shape index (κ1) is 24.6. The molecule has 3 heterocycles. The van der Waals surface area contributed by atoms with Gasteiger partial charge in [-0.15, -0.1) is 0 Å². The highest BCUT2D eigenvalue weighted by atomic mass is 19.1. The predicted octanol–water partition coefficient (Wildman–Crippen LogP) is 2.69. The van der Waals surface area contributed by atoms with E-state index in [-0.39, 0.29) is 24.2 Å². The number of hydrogen-bond acceptors (Lipinski definition) is 7. The van der Waals surface area contributed by atoms with E-state index in [0.717, 1.165) is 5.57 Å². The largest absolute Gasteiger partial charge is 0.352 e. The average molecular weight is 491 g/mol. The summed E-state index contributed by atoms with van der Waals surface area (Å²) in [6.07, 6.45) is 6.22. The van der Waals surface area contributed by atoms with Crippen LogP contribution in [-0.2, 0) is 4.79 Å². The van der Waals surface area contributed by atoms with Crippen LogP contribution in [-0.4, -0.2) is 71.1 Å². The van der Waals surface area contributed by atoms with Crippen LogP contribution in [0, 0.1) is 5.82 Å². The Morgan fingerprint density at radius 3 is 2.78 bits per heavy atom. The van der Waals surface area contributed by atoms with E-state index in [1.165, 1.54) is 23.2 Å². The highest BCUT2D eigenvalue weighted by Gasteiger charge is 2.22. The number of anilines is 2. The van der Waals surface area contributed by atoms with E-state index < -0.39 is 0 Å². The number of nitrogens with one attached hydrogen (secondary N) is 2. The van der Waals surface area contributed by atoms with Crippen molar-refractivity contribution in [2.45, 2.75) is 6.92 Å². The smallest absolute Gasteiger partial charge is 0.255 e. The number of hydrazone groups is 1. The monoisotopic (exact) mass is 490 g/mol. The Morgan fingerprint density at radius 1 is 1.31 bits per heavy atom. The number of H-pyrrole nitrogens is 1. The maximum atomic E-state index is 13.5. The van der Waals surface area contributed by atoms with Crippen LogP contribution in [0.25, 0.3) is 11.2 Å². The highest BCUT2D eigenvalue weighted by Crippen LogP contribution is 2.20. The molecule has 0 atom stereocenters. The number of carbonyl (C=O) groups is 2. The molecule has 10 nitrogen and oxygen atoms in total. The molecule has 0 radical (unpaired) electrons. The molecule has 186 valence electrons. The quantitative estimate of drug-likeness (QED) is 0.285. The van der Waals surface area contributed by atoms with Gasteiger partial charge in [0, 0.05) is 51.8 Å². The third-order valence-electron chi connectivity index (χ3n) is 5.80. The Hall–Kier alpha value is -4.54. The molecule has 0 saturated carbocycles. The molecule has 1 aromatic carbocycles. The lowest BCUT2D eigenvalue weighted by Crippen LogP contribution is -2.48. The van der Waals surface area contributed by atoms with Crippen LogP contribution in [0.2, 0.25) is 0 Å². The van der Waals surface area contributed by atoms with Gasteiger partial charge in [-0.25, -0.2) is 19.4 Å². The number of amides is 2. The molecule has 0 unspecified atom stereocenters. The molecule has 0 spiro atoms. The predicted molar refractivity (Wildman–Crippen MR) is 137 cm³/mol. The zero-order valence-electron chi connectivity index (χ0n) is 19.9. The van der Waals surface area contributed by atoms with Crippen LogP contribution in [0.5, 0.6) is 0 Å². The van der Waals surface area contributed by atoms with Gasteiger partial charge in [0.25, 0.3) is 5.91 Å². The van der Waals surface area contributed by atoms with Gasteiger partial charge in [0.2, 0.25) is 5.91 Å². The van der Waals surface area contributed by atoms with Gasteiger partial charge in [0.15, 0.2) is 5.65 Å². The second-order valence-corrected chi connectivity index (χ2v) is 8.27. The van der Waals surface area contributed by atoms with Crippen molar-refractivity contribution in [3.8, 4) is 0 Å². The van der Waals surface area contributed by atoms with Crippen LogP contribution in [0.1, 0.15) is 17.3 Å². The number of aromatic amines is 1. The summed E-state index contributed by atoms with van der Waals surface area (Å²) < 4.78 is 13.5. The van der Waals surface area contributed by atoms with E-state index in [1.54, 1.807) is 35.6 Å². The molecular formula is C25H27FN8O2. The number of piperazine rings is 1. The first-order valence-corrected chi connectivity index (χ1v) is 11.4. The molecule has 11 heteroatoms. The van der Waals surface area contributed by atoms with Crippen molar-refractivity contribution in [3.63, 3.8) is 0 Å². The van der Waals surface area contributed by atoms with E-state index in [1.807, 2.05) is 11.8 Å². The van der Waals surface area contributed by atoms with E-state index in [9.17, 15) is 14.0 Å². The first-order chi connectivity index (χ1) is 17.4. The Labute approximate surface area is 207 Å². The van der Waals surface area contributed by atoms with E-state index in [4.69, 9.17) is 0 Å². The fraction of sp³-hybridized carbons (Fsp3) is 0.240. The van der Waals surface area contributed by atoms with Gasteiger partial charge in [-0.05, 0) is 36.8 Å². The fourth-order valence-electron chi connectivity index (χ4n) is 3.88. The van der Waals surface area contributed by atoms with Gasteiger partial charge in [-0.3, -0.25) is 9.59 Å². The van der Waals surface area contributed by atoms with Crippen molar-refractivity contribution in [1.29, 1.82) is 0 Å². The maximum Gasteiger partial charge on any atom is 0.255 e. The lowest BCUT2D eigenvalue weighted by atomic mass is 10.2. The Kier molecular flexibility index (Phi) is 7.38. The number of aromatic nitrogens is 3. The van der Waals surface area contributed by atoms with E-state index >= 15 is 0 Å². The topological polar surface area (TPSA) is 110 Å². The fourth-order valence-corrected chi connectivity index (χ4v) is 3.88. The number of hydrogen-bond donors (Lipinski definition) is 2. The van der Waals surface area contributed by atoms with Crippen molar-refractivity contribution in [2.24, 2.45) is 5.10 Å². The van der Waals surface area contributed by atoms with E-state index in [0.29, 0.717) is 54.4 Å². The van der Waals surface area contributed by atoms with Gasteiger partial charge >= 0.3 is 0 Å². The van der Waals surface area contributed by atoms with Gasteiger partial charge in [0.1, 0.15) is 17.2 Å². The molecule has 2 aromatic heterocycles. The van der Waals surface area contributed by atoms with Crippen molar-refractivity contribution in [3.05, 3.63) is 72.5 Å². The lowest BCUT2D eigenvalue weighted by molar-refractivity contribution is -0.126. The van der Waals surface area contributed by atoms with Crippen LogP contribution in [0.3, 0.4) is 0 Å². The minimum absolute atomic E-state index is 0.0898. The molecule has 3 aromatic rings. The SMILES string of the molecule is C=CC(=O)N1CCN(c2cnc3[nH]cc(C(=O)NC/C(C)=C/N(N=C)c4cccc(F)c4)c3n2)CC1. The second kappa shape index (κ2) is 10.8. The number of rotatable bonds is 8. The second-order valence-electron chi connectivity index (χ2n) is 8.27. The van der Waals surface area contributed by atoms with Crippen LogP contribution < -0.4 is 15.2 Å². The Morgan fingerprint density at radius 2 is 2.08 bits per heavy atom. The maximum absolute atomic E-state index is 13.5. The molecule has 0 bridgehead atoms. The Balaban J connectivity index is 1.43. The van der Waals surface area contributed by atoms with Gasteiger partial charge < -0.3 is 20.1 Å². The standard InChI is InChI=1S/C25H27FN8O2/c1-4-22(35)33-10-8-32(9-11-33)21-15-29-24-23(31-21)20(14-28-24)25(36)30-13-17(2)16-34(27-3)19-7-5-6-18(26)12-19/h4-7,12,14-16H,1,3,8-11,13H2,2H3,(H,28,29)(H,30,36)/b17-16+. The third kappa shape index (κ3) is 5.40. The molecule has 2 N–H and O–H groups in total. The Bertz CT molecular complexity index is 1330. The summed E-state index contributed by atoms with van der Waals surface area (Å²) in [4.78, 5) is 40.6. The van der Waals surface area contributed by atoms with Crippen LogP contribution >= 0.6 is 0 Å². The van der Waals surface area contributed by atoms with Crippen LogP contribution in [0.4, 0.5) is 15.9 Å². The van der Waals surface area contributed by atoms with Crippen molar-refractivity contribution in [1.82, 2.24) is 25.2 Å². The lowest BCUT2D eigenvalue weighted by Gasteiger charge is -2.34. The minimum atomic E-state index is -0.382. The van der Waals surface area contributed by atoms with Gasteiger partial charge in [-0.2, -0.15) is 5.10 Å². The highest BCUT2D eigenvalue weighted by molar-refractivity contribution is 6.04. The van der Waals surface area contributed by atoms with Crippen LogP contribution in [0.15, 0.2) is 66.2 Å². The minimum Gasteiger partial charge on any atom is -0.352 e. The number of benzene rings is 1.